The van der Waals surface area contributed by atoms with Gasteiger partial charge in [0.1, 0.15) is 11.5 Å². The molecule has 1 saturated carbocycles. The fourth-order valence-electron chi connectivity index (χ4n) is 3.20. The minimum atomic E-state index is -0.0362. The summed E-state index contributed by atoms with van der Waals surface area (Å²) in [6.45, 7) is 9.12. The van der Waals surface area contributed by atoms with E-state index in [-0.39, 0.29) is 16.2 Å². The molecule has 1 fully saturated rings. The van der Waals surface area contributed by atoms with Gasteiger partial charge in [0.05, 0.1) is 19.6 Å². The summed E-state index contributed by atoms with van der Waals surface area (Å²) in [6, 6.07) is 5.85. The van der Waals surface area contributed by atoms with Crippen LogP contribution in [0.1, 0.15) is 38.6 Å². The summed E-state index contributed by atoms with van der Waals surface area (Å²) in [7, 11) is 3.32. The topological polar surface area (TPSA) is 18.5 Å². The van der Waals surface area contributed by atoms with Gasteiger partial charge >= 0.3 is 0 Å². The third-order valence-electron chi connectivity index (χ3n) is 5.16. The van der Waals surface area contributed by atoms with Gasteiger partial charge in [-0.25, -0.2) is 0 Å². The summed E-state index contributed by atoms with van der Waals surface area (Å²) in [5.74, 6) is 2.04. The highest BCUT2D eigenvalue weighted by Crippen LogP contribution is 2.74. The summed E-state index contributed by atoms with van der Waals surface area (Å²) < 4.78 is 10.7. The van der Waals surface area contributed by atoms with Crippen molar-refractivity contribution >= 4 is 11.6 Å². The molecular formula is C16H23ClO2. The Kier molecular flexibility index (Phi) is 3.51. The summed E-state index contributed by atoms with van der Waals surface area (Å²) in [4.78, 5) is 0. The van der Waals surface area contributed by atoms with Crippen LogP contribution in [0.3, 0.4) is 0 Å². The van der Waals surface area contributed by atoms with Crippen molar-refractivity contribution in [2.75, 3.05) is 14.2 Å². The van der Waals surface area contributed by atoms with Crippen LogP contribution < -0.4 is 9.47 Å². The molecule has 0 aliphatic heterocycles. The van der Waals surface area contributed by atoms with E-state index in [1.165, 1.54) is 0 Å². The number of hydrogen-bond donors (Lipinski definition) is 0. The summed E-state index contributed by atoms with van der Waals surface area (Å²) in [5.41, 5.74) is 1.56. The van der Waals surface area contributed by atoms with Gasteiger partial charge < -0.3 is 9.47 Å². The van der Waals surface area contributed by atoms with Crippen molar-refractivity contribution in [1.29, 1.82) is 0 Å². The Bertz CT molecular complexity index is 466. The minimum absolute atomic E-state index is 0.0362. The van der Waals surface area contributed by atoms with Gasteiger partial charge in [-0.1, -0.05) is 33.8 Å². The Morgan fingerprint density at radius 1 is 1.05 bits per heavy atom. The minimum Gasteiger partial charge on any atom is -0.497 e. The van der Waals surface area contributed by atoms with Gasteiger partial charge in [0.2, 0.25) is 0 Å². The van der Waals surface area contributed by atoms with E-state index in [2.05, 4.69) is 27.7 Å². The van der Waals surface area contributed by atoms with E-state index >= 15 is 0 Å². The van der Waals surface area contributed by atoms with Crippen molar-refractivity contribution in [3.05, 3.63) is 23.8 Å². The first-order valence-corrected chi connectivity index (χ1v) is 7.07. The number of benzene rings is 1. The standard InChI is InChI=1S/C16H23ClO2/c1-15(2)14(16(15,3)4)13(17)11-8-7-10(18-5)9-12(11)19-6/h7-9,13-14H,1-6H3. The number of rotatable bonds is 4. The number of hydrogen-bond acceptors (Lipinski definition) is 2. The highest BCUT2D eigenvalue weighted by Gasteiger charge is 2.67. The first kappa shape index (κ1) is 14.5. The van der Waals surface area contributed by atoms with Crippen LogP contribution in [-0.2, 0) is 0 Å². The van der Waals surface area contributed by atoms with Crippen LogP contribution in [0.2, 0.25) is 0 Å². The average Bonchev–Trinajstić information content (AvgIpc) is 2.78. The molecule has 0 saturated heterocycles. The van der Waals surface area contributed by atoms with Crippen LogP contribution in [0, 0.1) is 16.7 Å². The predicted octanol–water partition coefficient (Wildman–Crippen LogP) is 4.67. The van der Waals surface area contributed by atoms with Gasteiger partial charge in [-0.2, -0.15) is 0 Å². The maximum atomic E-state index is 6.73. The third-order valence-corrected chi connectivity index (χ3v) is 5.65. The van der Waals surface area contributed by atoms with Crippen molar-refractivity contribution in [2.24, 2.45) is 16.7 Å². The molecule has 3 heteroatoms. The number of halogens is 1. The molecule has 0 bridgehead atoms. The fraction of sp³-hybridized carbons (Fsp3) is 0.625. The molecule has 2 nitrogen and oxygen atoms in total. The van der Waals surface area contributed by atoms with E-state index in [9.17, 15) is 0 Å². The smallest absolute Gasteiger partial charge is 0.127 e. The first-order chi connectivity index (χ1) is 8.77. The second-order valence-electron chi connectivity index (χ2n) is 6.43. The Hall–Kier alpha value is -0.890. The van der Waals surface area contributed by atoms with Crippen LogP contribution in [0.5, 0.6) is 11.5 Å². The molecule has 0 amide bonds. The van der Waals surface area contributed by atoms with E-state index in [4.69, 9.17) is 21.1 Å². The second-order valence-corrected chi connectivity index (χ2v) is 6.90. The van der Waals surface area contributed by atoms with Gasteiger partial charge in [0.15, 0.2) is 0 Å². The van der Waals surface area contributed by atoms with E-state index in [0.29, 0.717) is 5.92 Å². The van der Waals surface area contributed by atoms with Crippen LogP contribution >= 0.6 is 11.6 Å². The lowest BCUT2D eigenvalue weighted by atomic mass is 10.0. The number of alkyl halides is 1. The molecule has 2 rings (SSSR count). The van der Waals surface area contributed by atoms with Crippen LogP contribution in [0.15, 0.2) is 18.2 Å². The van der Waals surface area contributed by atoms with E-state index in [1.807, 2.05) is 18.2 Å². The molecule has 1 aromatic rings. The van der Waals surface area contributed by atoms with Crippen molar-refractivity contribution in [1.82, 2.24) is 0 Å². The molecule has 0 spiro atoms. The summed E-state index contributed by atoms with van der Waals surface area (Å²) in [6.07, 6.45) is 0. The lowest BCUT2D eigenvalue weighted by Crippen LogP contribution is -2.02. The molecule has 1 aliphatic rings. The Labute approximate surface area is 121 Å². The number of methoxy groups -OCH3 is 2. The zero-order valence-corrected chi connectivity index (χ0v) is 13.3. The van der Waals surface area contributed by atoms with Crippen molar-refractivity contribution in [3.63, 3.8) is 0 Å². The highest BCUT2D eigenvalue weighted by molar-refractivity contribution is 6.21. The Morgan fingerprint density at radius 2 is 1.63 bits per heavy atom. The zero-order valence-electron chi connectivity index (χ0n) is 12.6. The van der Waals surface area contributed by atoms with Gasteiger partial charge in [-0.15, -0.1) is 11.6 Å². The lowest BCUT2D eigenvalue weighted by Gasteiger charge is -2.16. The molecule has 0 heterocycles. The van der Waals surface area contributed by atoms with Crippen LogP contribution in [-0.4, -0.2) is 14.2 Å². The van der Waals surface area contributed by atoms with Crippen LogP contribution in [0.4, 0.5) is 0 Å². The average molecular weight is 283 g/mol. The molecule has 19 heavy (non-hydrogen) atoms. The van der Waals surface area contributed by atoms with Gasteiger partial charge in [-0.3, -0.25) is 0 Å². The SMILES string of the molecule is COc1ccc(C(Cl)C2C(C)(C)C2(C)C)c(OC)c1. The Morgan fingerprint density at radius 3 is 2.05 bits per heavy atom. The molecular weight excluding hydrogens is 260 g/mol. The maximum absolute atomic E-state index is 6.73. The normalized spacial score (nSPS) is 21.8. The quantitative estimate of drug-likeness (QED) is 0.748. The molecule has 1 unspecified atom stereocenters. The van der Waals surface area contributed by atoms with Gasteiger partial charge in [-0.05, 0) is 22.8 Å². The Balaban J connectivity index is 2.33. The van der Waals surface area contributed by atoms with E-state index in [0.717, 1.165) is 17.1 Å². The molecule has 1 aliphatic carbocycles. The van der Waals surface area contributed by atoms with Crippen molar-refractivity contribution < 1.29 is 9.47 Å². The monoisotopic (exact) mass is 282 g/mol. The lowest BCUT2D eigenvalue weighted by molar-refractivity contribution is 0.388. The summed E-state index contributed by atoms with van der Waals surface area (Å²) in [5, 5.41) is -0.0362. The highest BCUT2D eigenvalue weighted by atomic mass is 35.5. The summed E-state index contributed by atoms with van der Waals surface area (Å²) >= 11 is 6.73. The van der Waals surface area contributed by atoms with E-state index in [1.54, 1.807) is 14.2 Å². The zero-order chi connectivity index (χ0) is 14.4. The number of ether oxygens (including phenoxy) is 2. The van der Waals surface area contributed by atoms with Crippen molar-refractivity contribution in [3.8, 4) is 11.5 Å². The fourth-order valence-corrected chi connectivity index (χ4v) is 4.02. The van der Waals surface area contributed by atoms with E-state index < -0.39 is 0 Å². The maximum Gasteiger partial charge on any atom is 0.127 e. The molecule has 1 atom stereocenters. The van der Waals surface area contributed by atoms with Gasteiger partial charge in [0, 0.05) is 11.6 Å². The largest absolute Gasteiger partial charge is 0.497 e. The predicted molar refractivity (Wildman–Crippen MR) is 79.2 cm³/mol. The molecule has 1 aromatic carbocycles. The second kappa shape index (κ2) is 4.59. The van der Waals surface area contributed by atoms with Crippen LogP contribution in [0.25, 0.3) is 0 Å². The molecule has 0 radical (unpaired) electrons. The van der Waals surface area contributed by atoms with Gasteiger partial charge in [0.25, 0.3) is 0 Å². The molecule has 0 aromatic heterocycles. The van der Waals surface area contributed by atoms with Crippen molar-refractivity contribution in [2.45, 2.75) is 33.1 Å². The third kappa shape index (κ3) is 2.10. The first-order valence-electron chi connectivity index (χ1n) is 6.63. The molecule has 106 valence electrons. The molecule has 0 N–H and O–H groups in total.